The van der Waals surface area contributed by atoms with E-state index in [4.69, 9.17) is 11.6 Å². The van der Waals surface area contributed by atoms with Gasteiger partial charge < -0.3 is 10.0 Å². The van der Waals surface area contributed by atoms with Crippen molar-refractivity contribution in [1.82, 2.24) is 14.7 Å². The summed E-state index contributed by atoms with van der Waals surface area (Å²) in [6, 6.07) is 13.1. The molecule has 2 aromatic carbocycles. The summed E-state index contributed by atoms with van der Waals surface area (Å²) < 4.78 is 1.32. The van der Waals surface area contributed by atoms with Crippen LogP contribution in [0.2, 0.25) is 5.02 Å². The number of hydrogen-bond acceptors (Lipinski definition) is 5. The minimum Gasteiger partial charge on any atom is -0.508 e. The Morgan fingerprint density at radius 2 is 1.70 bits per heavy atom. The Morgan fingerprint density at radius 1 is 1.03 bits per heavy atom. The van der Waals surface area contributed by atoms with Gasteiger partial charge in [0.15, 0.2) is 0 Å². The highest BCUT2D eigenvalue weighted by atomic mass is 35.5. The van der Waals surface area contributed by atoms with Crippen LogP contribution in [0, 0.1) is 13.8 Å². The van der Waals surface area contributed by atoms with E-state index in [2.05, 4.69) is 27.9 Å². The second-order valence-electron chi connectivity index (χ2n) is 7.72. The second kappa shape index (κ2) is 8.50. The lowest BCUT2D eigenvalue weighted by atomic mass is 10.0. The third-order valence-corrected chi connectivity index (χ3v) is 6.06. The van der Waals surface area contributed by atoms with Crippen molar-refractivity contribution in [2.24, 2.45) is 0 Å². The number of hydrogen-bond donors (Lipinski definition) is 1. The largest absolute Gasteiger partial charge is 0.508 e. The van der Waals surface area contributed by atoms with Crippen molar-refractivity contribution in [2.75, 3.05) is 31.1 Å². The Hall–Kier alpha value is -2.83. The standard InChI is InChI=1S/C23H25ClN4O2/c1-16-12-18(21(29)13-17(16)2)15-26-8-10-27(11-9-26)20-14-25-28(23(30)22(20)24)19-6-4-3-5-7-19/h3-7,12-14,29H,8-11,15H2,1-2H3. The predicted octanol–water partition coefficient (Wildman–Crippen LogP) is 3.53. The number of anilines is 1. The van der Waals surface area contributed by atoms with Crippen molar-refractivity contribution in [3.05, 3.63) is 80.7 Å². The molecule has 7 heteroatoms. The number of nitrogens with zero attached hydrogens (tertiary/aromatic N) is 4. The van der Waals surface area contributed by atoms with E-state index in [1.165, 1.54) is 10.2 Å². The van der Waals surface area contributed by atoms with Gasteiger partial charge in [-0.3, -0.25) is 9.69 Å². The number of para-hydroxylation sites is 1. The first kappa shape index (κ1) is 20.4. The number of piperazine rings is 1. The van der Waals surface area contributed by atoms with Crippen LogP contribution in [0.4, 0.5) is 5.69 Å². The minimum absolute atomic E-state index is 0.189. The van der Waals surface area contributed by atoms with Crippen LogP contribution < -0.4 is 10.5 Å². The van der Waals surface area contributed by atoms with Gasteiger partial charge in [0.25, 0.3) is 5.56 Å². The van der Waals surface area contributed by atoms with E-state index in [9.17, 15) is 9.90 Å². The quantitative estimate of drug-likeness (QED) is 0.694. The average molecular weight is 425 g/mol. The van der Waals surface area contributed by atoms with Gasteiger partial charge in [0.05, 0.1) is 17.6 Å². The van der Waals surface area contributed by atoms with Gasteiger partial charge in [0, 0.05) is 38.3 Å². The van der Waals surface area contributed by atoms with Gasteiger partial charge in [-0.2, -0.15) is 9.78 Å². The lowest BCUT2D eigenvalue weighted by Crippen LogP contribution is -2.46. The first-order valence-electron chi connectivity index (χ1n) is 10.0. The summed E-state index contributed by atoms with van der Waals surface area (Å²) in [6.45, 7) is 7.85. The maximum absolute atomic E-state index is 12.7. The zero-order valence-electron chi connectivity index (χ0n) is 17.2. The van der Waals surface area contributed by atoms with Gasteiger partial charge in [0.1, 0.15) is 10.8 Å². The molecule has 0 spiro atoms. The molecule has 1 saturated heterocycles. The Balaban J connectivity index is 1.46. The van der Waals surface area contributed by atoms with Crippen molar-refractivity contribution in [3.63, 3.8) is 0 Å². The van der Waals surface area contributed by atoms with Crippen LogP contribution in [0.1, 0.15) is 16.7 Å². The maximum atomic E-state index is 12.7. The molecule has 3 aromatic rings. The van der Waals surface area contributed by atoms with E-state index in [0.717, 1.165) is 37.3 Å². The van der Waals surface area contributed by atoms with E-state index in [1.54, 1.807) is 6.20 Å². The molecule has 156 valence electrons. The summed E-state index contributed by atoms with van der Waals surface area (Å²) in [5.41, 5.74) is 4.25. The highest BCUT2D eigenvalue weighted by Crippen LogP contribution is 2.26. The molecule has 0 radical (unpaired) electrons. The molecule has 0 bridgehead atoms. The third kappa shape index (κ3) is 4.06. The number of aromatic hydroxyl groups is 1. The third-order valence-electron chi connectivity index (χ3n) is 5.70. The lowest BCUT2D eigenvalue weighted by Gasteiger charge is -2.36. The molecular formula is C23H25ClN4O2. The van der Waals surface area contributed by atoms with E-state index in [0.29, 0.717) is 23.7 Å². The van der Waals surface area contributed by atoms with Crippen LogP contribution >= 0.6 is 11.6 Å². The summed E-state index contributed by atoms with van der Waals surface area (Å²) in [5.74, 6) is 0.345. The van der Waals surface area contributed by atoms with E-state index < -0.39 is 0 Å². The van der Waals surface area contributed by atoms with Crippen molar-refractivity contribution in [1.29, 1.82) is 0 Å². The Kier molecular flexibility index (Phi) is 5.79. The molecule has 0 saturated carbocycles. The number of benzene rings is 2. The van der Waals surface area contributed by atoms with Crippen LogP contribution in [0.15, 0.2) is 53.5 Å². The number of aromatic nitrogens is 2. The molecule has 1 N–H and O–H groups in total. The SMILES string of the molecule is Cc1cc(O)c(CN2CCN(c3cnn(-c4ccccc4)c(=O)c3Cl)CC2)cc1C. The van der Waals surface area contributed by atoms with Gasteiger partial charge in [0.2, 0.25) is 0 Å². The molecule has 1 fully saturated rings. The van der Waals surface area contributed by atoms with E-state index >= 15 is 0 Å². The van der Waals surface area contributed by atoms with Crippen LogP contribution in [0.5, 0.6) is 5.75 Å². The summed E-state index contributed by atoms with van der Waals surface area (Å²) >= 11 is 6.44. The highest BCUT2D eigenvalue weighted by Gasteiger charge is 2.22. The minimum atomic E-state index is -0.317. The molecule has 1 aliphatic heterocycles. The zero-order chi connectivity index (χ0) is 21.3. The number of phenols is 1. The summed E-state index contributed by atoms with van der Waals surface area (Å²) in [7, 11) is 0. The molecular weight excluding hydrogens is 400 g/mol. The zero-order valence-corrected chi connectivity index (χ0v) is 17.9. The Labute approximate surface area is 180 Å². The van der Waals surface area contributed by atoms with E-state index in [1.807, 2.05) is 43.3 Å². The van der Waals surface area contributed by atoms with Gasteiger partial charge >= 0.3 is 0 Å². The Bertz CT molecular complexity index is 1110. The topological polar surface area (TPSA) is 61.6 Å². The number of rotatable bonds is 4. The molecule has 1 aromatic heterocycles. The molecule has 1 aliphatic rings. The molecule has 0 atom stereocenters. The molecule has 0 amide bonds. The average Bonchev–Trinajstić information content (AvgIpc) is 2.75. The number of aryl methyl sites for hydroxylation is 2. The molecule has 0 unspecified atom stereocenters. The number of phenolic OH excluding ortho intramolecular Hbond substituents is 1. The summed E-state index contributed by atoms with van der Waals surface area (Å²) in [6.07, 6.45) is 1.67. The van der Waals surface area contributed by atoms with Crippen LogP contribution in [-0.4, -0.2) is 46.0 Å². The fraction of sp³-hybridized carbons (Fsp3) is 0.304. The Morgan fingerprint density at radius 3 is 2.40 bits per heavy atom. The van der Waals surface area contributed by atoms with Gasteiger partial charge in [-0.05, 0) is 43.2 Å². The van der Waals surface area contributed by atoms with Crippen LogP contribution in [-0.2, 0) is 6.54 Å². The second-order valence-corrected chi connectivity index (χ2v) is 8.10. The first-order valence-corrected chi connectivity index (χ1v) is 10.4. The molecule has 4 rings (SSSR count). The molecule has 2 heterocycles. The fourth-order valence-electron chi connectivity index (χ4n) is 3.77. The molecule has 6 nitrogen and oxygen atoms in total. The highest BCUT2D eigenvalue weighted by molar-refractivity contribution is 6.33. The van der Waals surface area contributed by atoms with Crippen molar-refractivity contribution in [2.45, 2.75) is 20.4 Å². The summed E-state index contributed by atoms with van der Waals surface area (Å²) in [5, 5.41) is 14.8. The maximum Gasteiger partial charge on any atom is 0.292 e. The van der Waals surface area contributed by atoms with Crippen molar-refractivity contribution >= 4 is 17.3 Å². The predicted molar refractivity (Wildman–Crippen MR) is 120 cm³/mol. The van der Waals surface area contributed by atoms with Crippen molar-refractivity contribution in [3.8, 4) is 11.4 Å². The molecule has 0 aliphatic carbocycles. The van der Waals surface area contributed by atoms with Crippen LogP contribution in [0.25, 0.3) is 5.69 Å². The normalized spacial score (nSPS) is 14.8. The first-order chi connectivity index (χ1) is 14.4. The van der Waals surface area contributed by atoms with Gasteiger partial charge in [-0.1, -0.05) is 35.9 Å². The van der Waals surface area contributed by atoms with Gasteiger partial charge in [-0.25, -0.2) is 0 Å². The monoisotopic (exact) mass is 424 g/mol. The van der Waals surface area contributed by atoms with Gasteiger partial charge in [-0.15, -0.1) is 0 Å². The number of halogens is 1. The van der Waals surface area contributed by atoms with Crippen LogP contribution in [0.3, 0.4) is 0 Å². The molecule has 30 heavy (non-hydrogen) atoms. The van der Waals surface area contributed by atoms with Crippen molar-refractivity contribution < 1.29 is 5.11 Å². The fourth-order valence-corrected chi connectivity index (χ4v) is 4.02. The lowest BCUT2D eigenvalue weighted by molar-refractivity contribution is 0.246. The van der Waals surface area contributed by atoms with E-state index in [-0.39, 0.29) is 10.6 Å². The summed E-state index contributed by atoms with van der Waals surface area (Å²) in [4.78, 5) is 17.1. The smallest absolute Gasteiger partial charge is 0.292 e.